The van der Waals surface area contributed by atoms with Crippen molar-refractivity contribution in [3.8, 4) is 0 Å². The van der Waals surface area contributed by atoms with Crippen LogP contribution in [0.3, 0.4) is 0 Å². The Morgan fingerprint density at radius 3 is 1.29 bits per heavy atom. The van der Waals surface area contributed by atoms with Crippen molar-refractivity contribution < 1.29 is 17.4 Å². The molecule has 0 aromatic rings. The monoisotopic (exact) mass is 136 g/mol. The molecule has 1 heteroatoms. The third-order valence-corrected chi connectivity index (χ3v) is 0.750. The summed E-state index contributed by atoms with van der Waals surface area (Å²) in [6.45, 7) is 7.39. The van der Waals surface area contributed by atoms with Gasteiger partial charge in [-0.2, -0.15) is 12.8 Å². The average molecular weight is 136 g/mol. The van der Waals surface area contributed by atoms with E-state index in [2.05, 4.69) is 13.8 Å². The number of rotatable bonds is 3. The van der Waals surface area contributed by atoms with Gasteiger partial charge in [0.2, 0.25) is 0 Å². The summed E-state index contributed by atoms with van der Waals surface area (Å²) in [5, 5.41) is 0. The van der Waals surface area contributed by atoms with E-state index in [9.17, 15) is 0 Å². The minimum absolute atomic E-state index is 0. The quantitative estimate of drug-likeness (QED) is 0.412. The third kappa shape index (κ3) is 10.8. The first-order chi connectivity index (χ1) is 2.91. The van der Waals surface area contributed by atoms with E-state index in [4.69, 9.17) is 0 Å². The SMILES string of the molecule is [CH2-]CCCC[CH2-].[Cr+2]. The van der Waals surface area contributed by atoms with E-state index in [1.165, 1.54) is 12.8 Å². The molecule has 0 aliphatic rings. The van der Waals surface area contributed by atoms with E-state index < -0.39 is 0 Å². The summed E-state index contributed by atoms with van der Waals surface area (Å²) in [6, 6.07) is 0. The Kier molecular flexibility index (Phi) is 14.6. The summed E-state index contributed by atoms with van der Waals surface area (Å²) < 4.78 is 0. The molecule has 0 aromatic heterocycles. The largest absolute Gasteiger partial charge is 2.00 e. The van der Waals surface area contributed by atoms with Gasteiger partial charge in [-0.15, -0.1) is 0 Å². The van der Waals surface area contributed by atoms with Crippen LogP contribution in [0.4, 0.5) is 0 Å². The van der Waals surface area contributed by atoms with Crippen molar-refractivity contribution in [2.24, 2.45) is 0 Å². The maximum atomic E-state index is 3.70. The Balaban J connectivity index is 0. The first-order valence-corrected chi connectivity index (χ1v) is 2.50. The Labute approximate surface area is 57.4 Å². The molecule has 0 spiro atoms. The molecule has 0 unspecified atom stereocenters. The van der Waals surface area contributed by atoms with Crippen LogP contribution in [-0.4, -0.2) is 0 Å². The van der Waals surface area contributed by atoms with Gasteiger partial charge in [-0.05, 0) is 0 Å². The van der Waals surface area contributed by atoms with Crippen molar-refractivity contribution in [1.29, 1.82) is 0 Å². The van der Waals surface area contributed by atoms with Crippen molar-refractivity contribution in [3.05, 3.63) is 13.8 Å². The van der Waals surface area contributed by atoms with Gasteiger partial charge in [0.15, 0.2) is 0 Å². The molecule has 7 heavy (non-hydrogen) atoms. The van der Waals surface area contributed by atoms with Crippen LogP contribution in [0.5, 0.6) is 0 Å². The van der Waals surface area contributed by atoms with Gasteiger partial charge in [-0.3, -0.25) is 0 Å². The minimum atomic E-state index is 0. The van der Waals surface area contributed by atoms with Gasteiger partial charge in [-0.1, -0.05) is 12.8 Å². The summed E-state index contributed by atoms with van der Waals surface area (Å²) >= 11 is 0. The smallest absolute Gasteiger partial charge is 0.343 e. The number of hydrogen-bond donors (Lipinski definition) is 0. The molecule has 0 radical (unpaired) electrons. The third-order valence-electron chi connectivity index (χ3n) is 0.750. The van der Waals surface area contributed by atoms with Crippen LogP contribution in [0.25, 0.3) is 0 Å². The molecule has 0 bridgehead atoms. The summed E-state index contributed by atoms with van der Waals surface area (Å²) in [5.74, 6) is 0. The topological polar surface area (TPSA) is 0 Å². The summed E-state index contributed by atoms with van der Waals surface area (Å²) in [4.78, 5) is 0. The van der Waals surface area contributed by atoms with Crippen LogP contribution >= 0.6 is 0 Å². The van der Waals surface area contributed by atoms with Gasteiger partial charge in [-0.25, -0.2) is 0 Å². The molecular formula is C6H12Cr. The van der Waals surface area contributed by atoms with Crippen molar-refractivity contribution in [3.63, 3.8) is 0 Å². The molecule has 0 aliphatic carbocycles. The van der Waals surface area contributed by atoms with Gasteiger partial charge in [0, 0.05) is 0 Å². The summed E-state index contributed by atoms with van der Waals surface area (Å²) in [7, 11) is 0. The molecule has 0 aliphatic heterocycles. The van der Waals surface area contributed by atoms with Crippen LogP contribution in [-0.2, 0) is 17.4 Å². The molecule has 0 fully saturated rings. The van der Waals surface area contributed by atoms with Crippen LogP contribution in [0.2, 0.25) is 0 Å². The molecule has 0 atom stereocenters. The fourth-order valence-electron chi connectivity index (χ4n) is 0.354. The zero-order valence-electron chi connectivity index (χ0n) is 4.65. The molecule has 0 aromatic carbocycles. The molecule has 0 rings (SSSR count). The zero-order chi connectivity index (χ0) is 4.83. The minimum Gasteiger partial charge on any atom is -0.343 e. The predicted molar refractivity (Wildman–Crippen MR) is 29.2 cm³/mol. The molecule has 0 saturated carbocycles. The van der Waals surface area contributed by atoms with Gasteiger partial charge < -0.3 is 13.8 Å². The fourth-order valence-corrected chi connectivity index (χ4v) is 0.354. The average Bonchev–Trinajstić information content (AvgIpc) is 1.61. The summed E-state index contributed by atoms with van der Waals surface area (Å²) in [6.07, 6.45) is 4.61. The molecule has 0 amide bonds. The standard InChI is InChI=1S/C6H12.Cr/c1-3-5-6-4-2;/h1-6H2;/q-2;+2. The van der Waals surface area contributed by atoms with E-state index in [-0.39, 0.29) is 17.4 Å². The number of hydrogen-bond acceptors (Lipinski definition) is 0. The Hall–Kier alpha value is 0.532. The van der Waals surface area contributed by atoms with Gasteiger partial charge in [0.05, 0.1) is 0 Å². The van der Waals surface area contributed by atoms with Crippen LogP contribution in [0, 0.1) is 13.8 Å². The molecule has 0 saturated heterocycles. The van der Waals surface area contributed by atoms with Crippen molar-refractivity contribution in [2.75, 3.05) is 0 Å². The number of unbranched alkanes of at least 4 members (excludes halogenated alkanes) is 3. The first kappa shape index (κ1) is 10.5. The van der Waals surface area contributed by atoms with E-state index >= 15 is 0 Å². The zero-order valence-corrected chi connectivity index (χ0v) is 5.93. The Morgan fingerprint density at radius 2 is 1.14 bits per heavy atom. The second kappa shape index (κ2) is 9.73. The van der Waals surface area contributed by atoms with Crippen LogP contribution in [0.15, 0.2) is 0 Å². The molecule has 42 valence electrons. The van der Waals surface area contributed by atoms with Crippen LogP contribution < -0.4 is 0 Å². The van der Waals surface area contributed by atoms with Gasteiger partial charge >= 0.3 is 17.4 Å². The Bertz CT molecular complexity index is 16.1. The van der Waals surface area contributed by atoms with Gasteiger partial charge in [0.25, 0.3) is 0 Å². The summed E-state index contributed by atoms with van der Waals surface area (Å²) in [5.41, 5.74) is 0. The van der Waals surface area contributed by atoms with E-state index in [0.29, 0.717) is 0 Å². The Morgan fingerprint density at radius 1 is 0.857 bits per heavy atom. The maximum absolute atomic E-state index is 3.70. The van der Waals surface area contributed by atoms with Crippen molar-refractivity contribution in [1.82, 2.24) is 0 Å². The molecule has 0 nitrogen and oxygen atoms in total. The van der Waals surface area contributed by atoms with Crippen molar-refractivity contribution in [2.45, 2.75) is 25.7 Å². The second-order valence-electron chi connectivity index (χ2n) is 1.41. The predicted octanol–water partition coefficient (Wildman–Crippen LogP) is 2.21. The first-order valence-electron chi connectivity index (χ1n) is 2.50. The molecule has 0 heterocycles. The van der Waals surface area contributed by atoms with Gasteiger partial charge in [0.1, 0.15) is 0 Å². The second-order valence-corrected chi connectivity index (χ2v) is 1.41. The van der Waals surface area contributed by atoms with E-state index in [1.807, 2.05) is 0 Å². The van der Waals surface area contributed by atoms with E-state index in [1.54, 1.807) is 0 Å². The van der Waals surface area contributed by atoms with E-state index in [0.717, 1.165) is 12.8 Å². The van der Waals surface area contributed by atoms with Crippen molar-refractivity contribution >= 4 is 0 Å². The fraction of sp³-hybridized carbons (Fsp3) is 0.667. The normalized spacial score (nSPS) is 7.71. The molecule has 0 N–H and O–H groups in total. The maximum Gasteiger partial charge on any atom is 2.00 e. The molecular weight excluding hydrogens is 124 g/mol. The van der Waals surface area contributed by atoms with Crippen LogP contribution in [0.1, 0.15) is 25.7 Å².